The van der Waals surface area contributed by atoms with E-state index in [0.717, 1.165) is 0 Å². The van der Waals surface area contributed by atoms with Gasteiger partial charge in [-0.15, -0.1) is 0 Å². The molecule has 0 amide bonds. The van der Waals surface area contributed by atoms with Crippen molar-refractivity contribution in [3.63, 3.8) is 0 Å². The Bertz CT molecular complexity index is 15.5. The molecule has 0 aromatic carbocycles. The maximum absolute atomic E-state index is 2.09. The van der Waals surface area contributed by atoms with E-state index in [-0.39, 0.29) is 70.1 Å². The van der Waals surface area contributed by atoms with Crippen LogP contribution in [0.15, 0.2) is 0 Å². The van der Waals surface area contributed by atoms with E-state index in [1.165, 1.54) is 13.6 Å². The maximum Gasteiger partial charge on any atom is 0 e. The minimum atomic E-state index is 0. The molecule has 41 valence electrons. The van der Waals surface area contributed by atoms with Crippen molar-refractivity contribution >= 4 is 13.6 Å². The van der Waals surface area contributed by atoms with E-state index < -0.39 is 0 Å². The third kappa shape index (κ3) is 26.3. The van der Waals surface area contributed by atoms with Crippen LogP contribution < -0.4 is 0 Å². The first-order valence-corrected chi connectivity index (χ1v) is 7.25. The number of rotatable bonds is 0. The van der Waals surface area contributed by atoms with Gasteiger partial charge in [-0.3, -0.25) is 0 Å². The molecule has 0 aliphatic rings. The molecule has 0 saturated carbocycles. The summed E-state index contributed by atoms with van der Waals surface area (Å²) in [5.41, 5.74) is 0. The Hall–Kier alpha value is 3.38. The van der Waals surface area contributed by atoms with Crippen LogP contribution in [0.3, 0.4) is 0 Å². The van der Waals surface area contributed by atoms with Gasteiger partial charge in [0.2, 0.25) is 0 Å². The molecule has 0 saturated heterocycles. The zero-order valence-electron chi connectivity index (χ0n) is 3.11. The minimum absolute atomic E-state index is 0. The van der Waals surface area contributed by atoms with Crippen molar-refractivity contribution in [2.75, 3.05) is 0 Å². The van der Waals surface area contributed by atoms with Gasteiger partial charge >= 0.3 is 31.3 Å². The summed E-state index contributed by atoms with van der Waals surface area (Å²) in [5, 5.41) is 0. The van der Waals surface area contributed by atoms with E-state index in [4.69, 9.17) is 0 Å². The van der Waals surface area contributed by atoms with Gasteiger partial charge in [0.15, 0.2) is 0 Å². The van der Waals surface area contributed by atoms with Gasteiger partial charge in [-0.05, 0) is 0 Å². The fourth-order valence-corrected chi connectivity index (χ4v) is 0. The van der Waals surface area contributed by atoms with Crippen molar-refractivity contribution in [2.24, 2.45) is 0 Å². The summed E-state index contributed by atoms with van der Waals surface area (Å²) < 4.78 is 0. The molecule has 0 unspecified atom stereocenters. The summed E-state index contributed by atoms with van der Waals surface area (Å²) in [6.45, 7) is 0. The fraction of sp³-hybridized carbons (Fsp3) is 0. The number of hydrogen-bond acceptors (Lipinski definition) is 0. The Morgan fingerprint density at radius 3 is 1.17 bits per heavy atom. The average Bonchev–Trinajstić information content (AvgIpc) is 1.00. The Kier molecular flexibility index (Phi) is 229. The van der Waals surface area contributed by atoms with Gasteiger partial charge in [0.05, 0.1) is 0 Å². The Morgan fingerprint density at radius 1 is 1.17 bits per heavy atom. The maximum atomic E-state index is 2.09. The van der Waals surface area contributed by atoms with Crippen LogP contribution in [-0.2, 0) is 87.8 Å². The Morgan fingerprint density at radius 2 is 1.17 bits per heavy atom. The molecule has 0 aliphatic heterocycles. The first kappa shape index (κ1) is 34.3. The van der Waals surface area contributed by atoms with Gasteiger partial charge in [-0.1, -0.05) is 0 Å². The van der Waals surface area contributed by atoms with Crippen molar-refractivity contribution < 1.29 is 87.8 Å². The van der Waals surface area contributed by atoms with Gasteiger partial charge in [0.25, 0.3) is 0 Å². The molecule has 2 radical (unpaired) electrons. The van der Waals surface area contributed by atoms with Crippen LogP contribution in [0.2, 0.25) is 0 Å². The van der Waals surface area contributed by atoms with Crippen LogP contribution >= 0.6 is 0 Å². The molecule has 0 heterocycles. The third-order valence-electron chi connectivity index (χ3n) is 0. The normalized spacial score (nSPS) is 0.667. The summed E-state index contributed by atoms with van der Waals surface area (Å²) in [4.78, 5) is 0. The summed E-state index contributed by atoms with van der Waals surface area (Å²) in [6, 6.07) is 0. The van der Waals surface area contributed by atoms with Crippen LogP contribution in [0.5, 0.6) is 0 Å². The standard InChI is InChI=1S/Al.Cu.Mn.Mo.Ni.Zn.2H. The Balaban J connectivity index is -0.000000000833. The van der Waals surface area contributed by atoms with Gasteiger partial charge < -0.3 is 0 Å². The molecular formula is H2AlCuMnMoNiZn. The molecule has 0 rings (SSSR count). The zero-order chi connectivity index (χ0) is 2.00. The molecule has 0 aromatic rings. The molecule has 0 N–H and O–H groups in total. The monoisotopic (exact) mass is 367 g/mol. The van der Waals surface area contributed by atoms with E-state index in [1.807, 2.05) is 0 Å². The van der Waals surface area contributed by atoms with E-state index >= 15 is 0 Å². The predicted octanol–water partition coefficient (Wildman–Crippen LogP) is -0.929. The van der Waals surface area contributed by atoms with E-state index in [1.54, 1.807) is 0 Å². The summed E-state index contributed by atoms with van der Waals surface area (Å²) in [7, 11) is 0. The first-order valence-electron chi connectivity index (χ1n) is 0.408. The molecule has 6 heteroatoms. The SMILES string of the molecule is [AlH2][Mo].[Cu].[Mn].[Ni].[Zn]. The van der Waals surface area contributed by atoms with E-state index in [2.05, 4.69) is 17.7 Å². The van der Waals surface area contributed by atoms with E-state index in [9.17, 15) is 0 Å². The fourth-order valence-electron chi connectivity index (χ4n) is 0. The summed E-state index contributed by atoms with van der Waals surface area (Å²) in [5.74, 6) is 0. The second-order valence-corrected chi connectivity index (χ2v) is 0. The van der Waals surface area contributed by atoms with Crippen molar-refractivity contribution in [3.8, 4) is 0 Å². The average molecular weight is 368 g/mol. The van der Waals surface area contributed by atoms with Crippen molar-refractivity contribution in [2.45, 2.75) is 0 Å². The topological polar surface area (TPSA) is 0 Å². The molecule has 0 spiro atoms. The first-order chi connectivity index (χ1) is 1.00. The molecule has 0 aliphatic carbocycles. The quantitative estimate of drug-likeness (QED) is 0.486. The van der Waals surface area contributed by atoms with Crippen molar-refractivity contribution in [1.29, 1.82) is 0 Å². The molecule has 0 fully saturated rings. The molecule has 6 heavy (non-hydrogen) atoms. The van der Waals surface area contributed by atoms with Gasteiger partial charge in [0, 0.05) is 70.1 Å². The van der Waals surface area contributed by atoms with E-state index in [0.29, 0.717) is 0 Å². The predicted molar refractivity (Wildman–Crippen MR) is 8.54 cm³/mol. The van der Waals surface area contributed by atoms with Crippen LogP contribution in [-0.4, -0.2) is 13.6 Å². The third-order valence-corrected chi connectivity index (χ3v) is 0. The largest absolute Gasteiger partial charge is 0 e. The van der Waals surface area contributed by atoms with Crippen LogP contribution in [0.4, 0.5) is 0 Å². The van der Waals surface area contributed by atoms with Crippen LogP contribution in [0.1, 0.15) is 0 Å². The van der Waals surface area contributed by atoms with Crippen LogP contribution in [0.25, 0.3) is 0 Å². The molecule has 0 aromatic heterocycles. The van der Waals surface area contributed by atoms with Gasteiger partial charge in [-0.2, -0.15) is 0 Å². The van der Waals surface area contributed by atoms with Crippen molar-refractivity contribution in [1.82, 2.24) is 0 Å². The van der Waals surface area contributed by atoms with Crippen LogP contribution in [0, 0.1) is 0 Å². The zero-order valence-corrected chi connectivity index (χ0v) is 13.2. The Labute approximate surface area is 99.6 Å². The molecule has 0 bridgehead atoms. The van der Waals surface area contributed by atoms with Crippen molar-refractivity contribution in [3.05, 3.63) is 0 Å². The second kappa shape index (κ2) is 40.0. The minimum Gasteiger partial charge on any atom is 0 e. The molecule has 0 atom stereocenters. The summed E-state index contributed by atoms with van der Waals surface area (Å²) in [6.07, 6.45) is 0. The molecular weight excluding hydrogens is 365 g/mol. The van der Waals surface area contributed by atoms with Gasteiger partial charge in [0.1, 0.15) is 0 Å². The second-order valence-electron chi connectivity index (χ2n) is 0. The molecule has 0 nitrogen and oxygen atoms in total. The van der Waals surface area contributed by atoms with Gasteiger partial charge in [-0.25, -0.2) is 0 Å². The smallest absolute Gasteiger partial charge is 0 e. The summed E-state index contributed by atoms with van der Waals surface area (Å²) >= 11 is 3.40. The number of hydrogen-bond donors (Lipinski definition) is 0.